The summed E-state index contributed by atoms with van der Waals surface area (Å²) in [5.41, 5.74) is 1.69. The molecule has 1 aromatic heterocycles. The van der Waals surface area contributed by atoms with Crippen molar-refractivity contribution in [2.24, 2.45) is 0 Å². The van der Waals surface area contributed by atoms with Crippen LogP contribution in [0.1, 0.15) is 34.0 Å². The number of anilines is 1. The molecule has 2 N–H and O–H groups in total. The molecule has 114 valence electrons. The average molecular weight is 303 g/mol. The van der Waals surface area contributed by atoms with Gasteiger partial charge in [0.05, 0.1) is 13.0 Å². The minimum Gasteiger partial charge on any atom is -0.494 e. The van der Waals surface area contributed by atoms with Crippen molar-refractivity contribution in [1.82, 2.24) is 10.2 Å². The summed E-state index contributed by atoms with van der Waals surface area (Å²) in [6.45, 7) is 1.79. The Hall–Kier alpha value is -2.70. The first-order chi connectivity index (χ1) is 10.5. The Bertz CT molecular complexity index is 769. The number of ether oxygens (including phenoxy) is 1. The maximum absolute atomic E-state index is 13.5. The van der Waals surface area contributed by atoms with Gasteiger partial charge in [-0.15, -0.1) is 0 Å². The highest BCUT2D eigenvalue weighted by molar-refractivity contribution is 6.07. The molecule has 6 nitrogen and oxygen atoms in total. The normalized spacial score (nSPS) is 16.9. The Morgan fingerprint density at radius 1 is 1.45 bits per heavy atom. The molecule has 1 atom stereocenters. The number of carbonyl (C=O) groups is 2. The minimum absolute atomic E-state index is 0.00440. The molecule has 0 saturated heterocycles. The number of nitrogens with zero attached hydrogens (tertiary/aromatic N) is 1. The summed E-state index contributed by atoms with van der Waals surface area (Å²) < 4.78 is 18.4. The third kappa shape index (κ3) is 2.24. The lowest BCUT2D eigenvalue weighted by atomic mass is 9.85. The molecular weight excluding hydrogens is 289 g/mol. The molecule has 7 heteroatoms. The molecule has 0 saturated carbocycles. The van der Waals surface area contributed by atoms with Crippen LogP contribution in [-0.2, 0) is 4.79 Å². The lowest BCUT2D eigenvalue weighted by molar-refractivity contribution is -0.116. The number of hydrogen-bond donors (Lipinski definition) is 2. The summed E-state index contributed by atoms with van der Waals surface area (Å²) in [6, 6.07) is 3.92. The number of hydrogen-bond acceptors (Lipinski definition) is 4. The number of H-pyrrole nitrogens is 1. The van der Waals surface area contributed by atoms with Crippen molar-refractivity contribution in [3.8, 4) is 5.75 Å². The van der Waals surface area contributed by atoms with E-state index in [0.717, 1.165) is 5.69 Å². The van der Waals surface area contributed by atoms with Crippen LogP contribution in [0.3, 0.4) is 0 Å². The van der Waals surface area contributed by atoms with Crippen LogP contribution in [0, 0.1) is 12.7 Å². The molecule has 0 bridgehead atoms. The summed E-state index contributed by atoms with van der Waals surface area (Å²) in [7, 11) is 1.33. The van der Waals surface area contributed by atoms with Crippen LogP contribution >= 0.6 is 0 Å². The van der Waals surface area contributed by atoms with E-state index < -0.39 is 11.7 Å². The minimum atomic E-state index is -0.641. The van der Waals surface area contributed by atoms with Crippen molar-refractivity contribution in [1.29, 1.82) is 0 Å². The predicted octanol–water partition coefficient (Wildman–Crippen LogP) is 2.17. The van der Waals surface area contributed by atoms with E-state index >= 15 is 0 Å². The molecule has 2 heterocycles. The molecular formula is C15H14FN3O3. The number of fused-ring (bicyclic) bond motifs is 1. The van der Waals surface area contributed by atoms with E-state index in [1.165, 1.54) is 25.3 Å². The van der Waals surface area contributed by atoms with Crippen molar-refractivity contribution < 1.29 is 18.7 Å². The Labute approximate surface area is 125 Å². The smallest absolute Gasteiger partial charge is 0.226 e. The molecule has 1 unspecified atom stereocenters. The molecule has 0 fully saturated rings. The molecule has 2 aromatic rings. The van der Waals surface area contributed by atoms with E-state index in [1.807, 2.05) is 0 Å². The number of halogens is 1. The van der Waals surface area contributed by atoms with Gasteiger partial charge in [-0.3, -0.25) is 14.7 Å². The number of Topliss-reactive ketones (excluding diaryl/α,β-unsaturated/α-hetero) is 1. The molecule has 1 aliphatic heterocycles. The van der Waals surface area contributed by atoms with Gasteiger partial charge in [0, 0.05) is 23.2 Å². The number of rotatable bonds is 3. The number of aryl methyl sites for hydroxylation is 1. The third-order valence-corrected chi connectivity index (χ3v) is 3.74. The van der Waals surface area contributed by atoms with Gasteiger partial charge in [-0.1, -0.05) is 0 Å². The van der Waals surface area contributed by atoms with Gasteiger partial charge in [0.15, 0.2) is 23.2 Å². The summed E-state index contributed by atoms with van der Waals surface area (Å²) in [6.07, 6.45) is 0.0336. The lowest BCUT2D eigenvalue weighted by Gasteiger charge is -2.21. The average Bonchev–Trinajstić information content (AvgIpc) is 2.87. The van der Waals surface area contributed by atoms with Crippen LogP contribution in [0.2, 0.25) is 0 Å². The fraction of sp³-hybridized carbons (Fsp3) is 0.267. The highest BCUT2D eigenvalue weighted by Crippen LogP contribution is 2.36. The van der Waals surface area contributed by atoms with Crippen molar-refractivity contribution in [2.75, 3.05) is 12.4 Å². The van der Waals surface area contributed by atoms with Crippen molar-refractivity contribution in [3.63, 3.8) is 0 Å². The van der Waals surface area contributed by atoms with Gasteiger partial charge in [-0.05, 0) is 25.1 Å². The molecule has 1 aliphatic rings. The maximum Gasteiger partial charge on any atom is 0.226 e. The molecule has 3 rings (SSSR count). The topological polar surface area (TPSA) is 84.1 Å². The number of amides is 1. The first-order valence-corrected chi connectivity index (χ1v) is 6.73. The quantitative estimate of drug-likeness (QED) is 0.851. The number of aromatic amines is 1. The van der Waals surface area contributed by atoms with Gasteiger partial charge in [0.25, 0.3) is 0 Å². The number of ketones is 1. The van der Waals surface area contributed by atoms with Crippen molar-refractivity contribution >= 4 is 17.5 Å². The van der Waals surface area contributed by atoms with E-state index in [1.54, 1.807) is 6.92 Å². The van der Waals surface area contributed by atoms with Crippen LogP contribution in [0.4, 0.5) is 10.2 Å². The number of carbonyl (C=O) groups excluding carboxylic acids is 2. The van der Waals surface area contributed by atoms with E-state index in [4.69, 9.17) is 4.74 Å². The van der Waals surface area contributed by atoms with Gasteiger partial charge >= 0.3 is 0 Å². The van der Waals surface area contributed by atoms with Crippen LogP contribution in [0.25, 0.3) is 0 Å². The van der Waals surface area contributed by atoms with Gasteiger partial charge in [0.1, 0.15) is 0 Å². The fourth-order valence-corrected chi connectivity index (χ4v) is 2.67. The van der Waals surface area contributed by atoms with Crippen LogP contribution in [0.5, 0.6) is 5.75 Å². The zero-order valence-corrected chi connectivity index (χ0v) is 12.1. The van der Waals surface area contributed by atoms with Crippen LogP contribution < -0.4 is 10.1 Å². The molecule has 0 spiro atoms. The van der Waals surface area contributed by atoms with E-state index in [-0.39, 0.29) is 23.9 Å². The molecule has 1 amide bonds. The standard InChI is InChI=1S/C15H14FN3O3/c1-7-13-9(6-12(20)17-15(13)19-18-7)14(21)8-3-4-10(16)11(5-8)22-2/h3-5,9H,6H2,1-2H3,(H2,17,18,19,20). The second-order valence-electron chi connectivity index (χ2n) is 5.13. The van der Waals surface area contributed by atoms with Gasteiger partial charge in [0.2, 0.25) is 5.91 Å². The summed E-state index contributed by atoms with van der Waals surface area (Å²) in [4.78, 5) is 24.5. The van der Waals surface area contributed by atoms with E-state index in [0.29, 0.717) is 16.9 Å². The highest BCUT2D eigenvalue weighted by Gasteiger charge is 2.34. The van der Waals surface area contributed by atoms with Crippen LogP contribution in [-0.4, -0.2) is 29.0 Å². The number of nitrogens with one attached hydrogen (secondary N) is 2. The Balaban J connectivity index is 2.02. The van der Waals surface area contributed by atoms with Gasteiger partial charge < -0.3 is 10.1 Å². The zero-order valence-electron chi connectivity index (χ0n) is 12.1. The summed E-state index contributed by atoms with van der Waals surface area (Å²) in [5.74, 6) is -1.35. The zero-order chi connectivity index (χ0) is 15.9. The van der Waals surface area contributed by atoms with Crippen molar-refractivity contribution in [3.05, 3.63) is 40.8 Å². The van der Waals surface area contributed by atoms with E-state index in [9.17, 15) is 14.0 Å². The van der Waals surface area contributed by atoms with Gasteiger partial charge in [-0.2, -0.15) is 5.10 Å². The van der Waals surface area contributed by atoms with Crippen LogP contribution in [0.15, 0.2) is 18.2 Å². The monoisotopic (exact) mass is 303 g/mol. The molecule has 0 aliphatic carbocycles. The highest BCUT2D eigenvalue weighted by atomic mass is 19.1. The summed E-state index contributed by atoms with van der Waals surface area (Å²) in [5, 5.41) is 9.38. The summed E-state index contributed by atoms with van der Waals surface area (Å²) >= 11 is 0. The Morgan fingerprint density at radius 2 is 2.23 bits per heavy atom. The predicted molar refractivity (Wildman–Crippen MR) is 76.6 cm³/mol. The third-order valence-electron chi connectivity index (χ3n) is 3.74. The Kier molecular flexibility index (Phi) is 3.40. The number of methoxy groups -OCH3 is 1. The first-order valence-electron chi connectivity index (χ1n) is 6.73. The number of aromatic nitrogens is 2. The lowest BCUT2D eigenvalue weighted by Crippen LogP contribution is -2.27. The maximum atomic E-state index is 13.5. The van der Waals surface area contributed by atoms with Crippen molar-refractivity contribution in [2.45, 2.75) is 19.3 Å². The largest absolute Gasteiger partial charge is 0.494 e. The fourth-order valence-electron chi connectivity index (χ4n) is 2.67. The Morgan fingerprint density at radius 3 is 2.95 bits per heavy atom. The second-order valence-corrected chi connectivity index (χ2v) is 5.13. The molecule has 1 aromatic carbocycles. The second kappa shape index (κ2) is 5.25. The number of benzene rings is 1. The first kappa shape index (κ1) is 14.2. The SMILES string of the molecule is COc1cc(C(=O)C2CC(=O)Nc3n[nH]c(C)c32)ccc1F. The van der Waals surface area contributed by atoms with E-state index in [2.05, 4.69) is 15.5 Å². The van der Waals surface area contributed by atoms with Gasteiger partial charge in [-0.25, -0.2) is 4.39 Å². The molecule has 0 radical (unpaired) electrons. The molecule has 22 heavy (non-hydrogen) atoms.